The summed E-state index contributed by atoms with van der Waals surface area (Å²) in [5.41, 5.74) is 0.289. The number of hydrogen-bond acceptors (Lipinski definition) is 4. The molecule has 0 aromatic rings. The Morgan fingerprint density at radius 3 is 2.50 bits per heavy atom. The molecule has 1 saturated heterocycles. The molecule has 0 radical (unpaired) electrons. The first-order valence-corrected chi connectivity index (χ1v) is 6.93. The lowest BCUT2D eigenvalue weighted by Gasteiger charge is -2.32. The van der Waals surface area contributed by atoms with Gasteiger partial charge in [0, 0.05) is 39.3 Å². The largest absolute Gasteiger partial charge is 0.396 e. The van der Waals surface area contributed by atoms with E-state index >= 15 is 0 Å². The minimum absolute atomic E-state index is 0.211. The van der Waals surface area contributed by atoms with Crippen LogP contribution in [0.1, 0.15) is 19.3 Å². The Labute approximate surface area is 109 Å². The van der Waals surface area contributed by atoms with E-state index in [-0.39, 0.29) is 17.9 Å². The van der Waals surface area contributed by atoms with Gasteiger partial charge in [0.15, 0.2) is 0 Å². The molecule has 18 heavy (non-hydrogen) atoms. The number of likely N-dealkylation sites (N-methyl/N-ethyl adjacent to an activating group) is 1. The van der Waals surface area contributed by atoms with Crippen molar-refractivity contribution < 1.29 is 9.90 Å². The van der Waals surface area contributed by atoms with Crippen LogP contribution in [0, 0.1) is 5.41 Å². The van der Waals surface area contributed by atoms with Crippen LogP contribution < -0.4 is 5.32 Å². The van der Waals surface area contributed by atoms with E-state index in [1.807, 2.05) is 4.90 Å². The van der Waals surface area contributed by atoms with Crippen molar-refractivity contribution in [3.05, 3.63) is 0 Å². The second kappa shape index (κ2) is 5.99. The Bertz CT molecular complexity index is 284. The average Bonchev–Trinajstić information content (AvgIpc) is 3.10. The third kappa shape index (κ3) is 3.67. The molecular weight excluding hydrogens is 230 g/mol. The second-order valence-corrected chi connectivity index (χ2v) is 5.76. The predicted molar refractivity (Wildman–Crippen MR) is 70.3 cm³/mol. The summed E-state index contributed by atoms with van der Waals surface area (Å²) in [6.45, 7) is 5.20. The lowest BCUT2D eigenvalue weighted by Crippen LogP contribution is -2.49. The number of rotatable bonds is 6. The number of hydrogen-bond donors (Lipinski definition) is 2. The summed E-state index contributed by atoms with van der Waals surface area (Å²) < 4.78 is 0. The number of piperazine rings is 1. The van der Waals surface area contributed by atoms with Crippen LogP contribution in [0.25, 0.3) is 0 Å². The Hall–Kier alpha value is -0.650. The molecule has 5 nitrogen and oxygen atoms in total. The fourth-order valence-corrected chi connectivity index (χ4v) is 2.53. The highest BCUT2D eigenvalue weighted by molar-refractivity contribution is 5.78. The van der Waals surface area contributed by atoms with Gasteiger partial charge >= 0.3 is 0 Å². The van der Waals surface area contributed by atoms with Crippen LogP contribution in [0.4, 0.5) is 0 Å². The molecule has 1 amide bonds. The zero-order valence-electron chi connectivity index (χ0n) is 11.3. The molecule has 0 aromatic heterocycles. The van der Waals surface area contributed by atoms with Crippen molar-refractivity contribution in [1.82, 2.24) is 15.1 Å². The summed E-state index contributed by atoms with van der Waals surface area (Å²) in [7, 11) is 2.09. The zero-order chi connectivity index (χ0) is 13.0. The number of aliphatic hydroxyl groups excluding tert-OH is 1. The first-order chi connectivity index (χ1) is 8.65. The van der Waals surface area contributed by atoms with Crippen LogP contribution in [0.2, 0.25) is 0 Å². The van der Waals surface area contributed by atoms with Gasteiger partial charge in [-0.25, -0.2) is 0 Å². The van der Waals surface area contributed by atoms with Crippen molar-refractivity contribution in [3.63, 3.8) is 0 Å². The molecule has 2 rings (SSSR count). The van der Waals surface area contributed by atoms with E-state index in [0.29, 0.717) is 6.54 Å². The van der Waals surface area contributed by atoms with Gasteiger partial charge in [0.25, 0.3) is 0 Å². The number of amides is 1. The van der Waals surface area contributed by atoms with Crippen molar-refractivity contribution >= 4 is 5.91 Å². The molecule has 5 heteroatoms. The lowest BCUT2D eigenvalue weighted by molar-refractivity contribution is -0.131. The van der Waals surface area contributed by atoms with Crippen molar-refractivity contribution in [2.45, 2.75) is 19.3 Å². The topological polar surface area (TPSA) is 55.8 Å². The normalized spacial score (nSPS) is 23.1. The van der Waals surface area contributed by atoms with Gasteiger partial charge < -0.3 is 20.2 Å². The number of nitrogens with one attached hydrogen (secondary N) is 1. The highest BCUT2D eigenvalue weighted by Gasteiger charge is 2.41. The molecule has 2 N–H and O–H groups in total. The van der Waals surface area contributed by atoms with Crippen molar-refractivity contribution in [1.29, 1.82) is 0 Å². The quantitative estimate of drug-likeness (QED) is 0.673. The van der Waals surface area contributed by atoms with Crippen molar-refractivity contribution in [3.8, 4) is 0 Å². The van der Waals surface area contributed by atoms with Crippen LogP contribution >= 0.6 is 0 Å². The molecule has 0 bridgehead atoms. The highest BCUT2D eigenvalue weighted by atomic mass is 16.3. The minimum Gasteiger partial charge on any atom is -0.396 e. The van der Waals surface area contributed by atoms with Gasteiger partial charge in [-0.05, 0) is 31.7 Å². The molecule has 1 aliphatic carbocycles. The maximum atomic E-state index is 12.0. The van der Waals surface area contributed by atoms with Gasteiger partial charge in [0.2, 0.25) is 5.91 Å². The van der Waals surface area contributed by atoms with E-state index in [2.05, 4.69) is 17.3 Å². The Balaban J connectivity index is 1.63. The lowest BCUT2D eigenvalue weighted by atomic mass is 10.0. The van der Waals surface area contributed by atoms with Gasteiger partial charge in [0.05, 0.1) is 6.54 Å². The van der Waals surface area contributed by atoms with Crippen molar-refractivity contribution in [2.75, 3.05) is 52.9 Å². The zero-order valence-corrected chi connectivity index (χ0v) is 11.3. The molecule has 0 spiro atoms. The molecule has 1 saturated carbocycles. The predicted octanol–water partition coefficient (Wildman–Crippen LogP) is -0.487. The van der Waals surface area contributed by atoms with Gasteiger partial charge in [-0.1, -0.05) is 0 Å². The van der Waals surface area contributed by atoms with Gasteiger partial charge in [-0.2, -0.15) is 0 Å². The number of aliphatic hydroxyl groups is 1. The second-order valence-electron chi connectivity index (χ2n) is 5.76. The number of carbonyl (C=O) groups excluding carboxylic acids is 1. The first kappa shape index (κ1) is 13.8. The van der Waals surface area contributed by atoms with Crippen LogP contribution in [0.15, 0.2) is 0 Å². The third-order valence-corrected chi connectivity index (χ3v) is 4.23. The fraction of sp³-hybridized carbons (Fsp3) is 0.923. The van der Waals surface area contributed by atoms with Crippen LogP contribution in [-0.4, -0.2) is 73.7 Å². The maximum Gasteiger partial charge on any atom is 0.236 e. The van der Waals surface area contributed by atoms with Crippen molar-refractivity contribution in [2.24, 2.45) is 5.41 Å². The molecule has 2 fully saturated rings. The number of carbonyl (C=O) groups is 1. The Morgan fingerprint density at radius 1 is 1.28 bits per heavy atom. The average molecular weight is 255 g/mol. The molecule has 2 aliphatic rings. The van der Waals surface area contributed by atoms with Gasteiger partial charge in [-0.15, -0.1) is 0 Å². The Morgan fingerprint density at radius 2 is 1.94 bits per heavy atom. The molecule has 0 aromatic carbocycles. The first-order valence-electron chi connectivity index (χ1n) is 6.93. The van der Waals surface area contributed by atoms with Crippen LogP contribution in [0.3, 0.4) is 0 Å². The summed E-state index contributed by atoms with van der Waals surface area (Å²) in [4.78, 5) is 16.2. The van der Waals surface area contributed by atoms with Gasteiger partial charge in [0.1, 0.15) is 0 Å². The monoisotopic (exact) mass is 255 g/mol. The molecule has 1 aliphatic heterocycles. The highest BCUT2D eigenvalue weighted by Crippen LogP contribution is 2.47. The van der Waals surface area contributed by atoms with Crippen LogP contribution in [0.5, 0.6) is 0 Å². The molecular formula is C13H25N3O2. The van der Waals surface area contributed by atoms with E-state index in [1.54, 1.807) is 0 Å². The summed E-state index contributed by atoms with van der Waals surface area (Å²) in [5.74, 6) is 0.211. The van der Waals surface area contributed by atoms with E-state index in [1.165, 1.54) is 12.8 Å². The van der Waals surface area contributed by atoms with E-state index < -0.39 is 0 Å². The van der Waals surface area contributed by atoms with E-state index in [0.717, 1.165) is 39.1 Å². The van der Waals surface area contributed by atoms with Gasteiger partial charge in [-0.3, -0.25) is 4.79 Å². The number of nitrogens with zero attached hydrogens (tertiary/aromatic N) is 2. The molecule has 0 unspecified atom stereocenters. The third-order valence-electron chi connectivity index (χ3n) is 4.23. The summed E-state index contributed by atoms with van der Waals surface area (Å²) in [5, 5.41) is 12.2. The fourth-order valence-electron chi connectivity index (χ4n) is 2.53. The maximum absolute atomic E-state index is 12.0. The summed E-state index contributed by atoms with van der Waals surface area (Å²) in [6.07, 6.45) is 3.23. The van der Waals surface area contributed by atoms with E-state index in [4.69, 9.17) is 5.11 Å². The molecule has 1 heterocycles. The Kier molecular flexibility index (Phi) is 4.59. The standard InChI is InChI=1S/C13H25N3O2/c1-15-5-7-16(8-6-15)12(18)10-14-11-13(2-3-13)4-9-17/h14,17H,2-11H2,1H3. The molecule has 104 valence electrons. The van der Waals surface area contributed by atoms with Crippen LogP contribution in [-0.2, 0) is 4.79 Å². The smallest absolute Gasteiger partial charge is 0.236 e. The summed E-state index contributed by atoms with van der Waals surface area (Å²) >= 11 is 0. The molecule has 0 atom stereocenters. The van der Waals surface area contributed by atoms with E-state index in [9.17, 15) is 4.79 Å². The minimum atomic E-state index is 0.211. The SMILES string of the molecule is CN1CCN(C(=O)CNCC2(CCO)CC2)CC1. The summed E-state index contributed by atoms with van der Waals surface area (Å²) in [6, 6.07) is 0.